The molecule has 1 aliphatic rings. The number of hydrogen-bond donors (Lipinski definition) is 1. The summed E-state index contributed by atoms with van der Waals surface area (Å²) < 4.78 is 33.6. The molecular weight excluding hydrogens is 606 g/mol. The first-order chi connectivity index (χ1) is 21.8. The monoisotopic (exact) mass is 628 g/mol. The van der Waals surface area contributed by atoms with Crippen molar-refractivity contribution in [3.05, 3.63) is 118 Å². The van der Waals surface area contributed by atoms with Crippen LogP contribution in [0.2, 0.25) is 5.02 Å². The van der Waals surface area contributed by atoms with Crippen LogP contribution in [0.15, 0.2) is 84.4 Å². The fourth-order valence-corrected chi connectivity index (χ4v) is 5.66. The maximum atomic E-state index is 16.1. The smallest absolute Gasteiger partial charge is 0.285 e. The molecule has 0 radical (unpaired) electrons. The van der Waals surface area contributed by atoms with Gasteiger partial charge in [0.05, 0.1) is 34.5 Å². The Kier molecular flexibility index (Phi) is 7.04. The summed E-state index contributed by atoms with van der Waals surface area (Å²) >= 11 is 6.64. The van der Waals surface area contributed by atoms with Crippen LogP contribution in [0, 0.1) is 11.6 Å². The zero-order valence-corrected chi connectivity index (χ0v) is 24.3. The lowest BCUT2D eigenvalue weighted by Gasteiger charge is -2.43. The third-order valence-electron chi connectivity index (χ3n) is 7.73. The van der Waals surface area contributed by atoms with E-state index in [4.69, 9.17) is 11.6 Å². The maximum absolute atomic E-state index is 16.1. The molecule has 7 rings (SSSR count). The highest BCUT2D eigenvalue weighted by atomic mass is 35.5. The van der Waals surface area contributed by atoms with Crippen LogP contribution in [0.5, 0.6) is 0 Å². The van der Waals surface area contributed by atoms with Crippen molar-refractivity contribution in [1.29, 1.82) is 0 Å². The molecule has 0 saturated heterocycles. The Morgan fingerprint density at radius 2 is 1.84 bits per heavy atom. The number of amides is 1. The predicted octanol–water partition coefficient (Wildman–Crippen LogP) is 4.67. The summed E-state index contributed by atoms with van der Waals surface area (Å²) in [6.07, 6.45) is 10.4. The number of aryl methyl sites for hydroxylation is 1. The van der Waals surface area contributed by atoms with Crippen molar-refractivity contribution in [2.24, 2.45) is 7.05 Å². The molecule has 1 aliphatic carbocycles. The second-order valence-electron chi connectivity index (χ2n) is 10.6. The molecule has 1 aromatic carbocycles. The molecule has 6 aromatic rings. The van der Waals surface area contributed by atoms with E-state index in [2.05, 4.69) is 30.6 Å². The lowest BCUT2D eigenvalue weighted by molar-refractivity contribution is 0.102. The standard InChI is InChI=1S/C30H23ClF2N10O2/c1-40-10-6-23(39-40)17-12-19(13-17)42(28-25-5-8-36-41(25)11-9-34-28)26-14-21(31)24(15-22(26)33)38-29(44)20-4-7-37-43(30(20)45)27-3-2-18(32)16-35-27/h2-11,14-17,19H,12-13H2,1H3,(H,38,44). The zero-order valence-electron chi connectivity index (χ0n) is 23.5. The maximum Gasteiger partial charge on any atom is 0.285 e. The molecule has 226 valence electrons. The number of pyridine rings is 1. The van der Waals surface area contributed by atoms with Gasteiger partial charge < -0.3 is 10.2 Å². The highest BCUT2D eigenvalue weighted by Crippen LogP contribution is 2.46. The zero-order chi connectivity index (χ0) is 31.2. The molecule has 5 aromatic heterocycles. The molecule has 1 N–H and O–H groups in total. The van der Waals surface area contributed by atoms with Crippen LogP contribution < -0.4 is 15.8 Å². The van der Waals surface area contributed by atoms with E-state index in [9.17, 15) is 14.0 Å². The van der Waals surface area contributed by atoms with Gasteiger partial charge in [0.25, 0.3) is 11.5 Å². The summed E-state index contributed by atoms with van der Waals surface area (Å²) in [4.78, 5) is 36.4. The molecule has 1 amide bonds. The van der Waals surface area contributed by atoms with Gasteiger partial charge in [0, 0.05) is 49.9 Å². The van der Waals surface area contributed by atoms with Gasteiger partial charge in [-0.2, -0.15) is 20.0 Å². The van der Waals surface area contributed by atoms with E-state index in [-0.39, 0.29) is 39.7 Å². The van der Waals surface area contributed by atoms with Crippen molar-refractivity contribution >= 4 is 40.2 Å². The fraction of sp³-hybridized carbons (Fsp3) is 0.167. The molecular formula is C30H23ClF2N10O2. The van der Waals surface area contributed by atoms with Gasteiger partial charge in [-0.3, -0.25) is 14.3 Å². The van der Waals surface area contributed by atoms with E-state index in [0.29, 0.717) is 24.2 Å². The number of nitrogens with one attached hydrogen (secondary N) is 1. The fourth-order valence-electron chi connectivity index (χ4n) is 5.45. The van der Waals surface area contributed by atoms with Gasteiger partial charge >= 0.3 is 0 Å². The quantitative estimate of drug-likeness (QED) is 0.270. The van der Waals surface area contributed by atoms with Gasteiger partial charge in [-0.05, 0) is 49.2 Å². The third-order valence-corrected chi connectivity index (χ3v) is 8.04. The van der Waals surface area contributed by atoms with E-state index in [1.54, 1.807) is 38.8 Å². The van der Waals surface area contributed by atoms with Crippen LogP contribution in [0.1, 0.15) is 34.8 Å². The van der Waals surface area contributed by atoms with E-state index < -0.39 is 23.1 Å². The second-order valence-corrected chi connectivity index (χ2v) is 11.0. The summed E-state index contributed by atoms with van der Waals surface area (Å²) in [7, 11) is 1.86. The molecule has 1 fully saturated rings. The minimum atomic E-state index is -0.841. The molecule has 12 nitrogen and oxygen atoms in total. The van der Waals surface area contributed by atoms with Crippen molar-refractivity contribution in [1.82, 2.24) is 39.1 Å². The largest absolute Gasteiger partial charge is 0.320 e. The van der Waals surface area contributed by atoms with Crippen LogP contribution >= 0.6 is 11.6 Å². The van der Waals surface area contributed by atoms with Gasteiger partial charge in [0.1, 0.15) is 22.7 Å². The first kappa shape index (κ1) is 28.3. The Balaban J connectivity index is 1.20. The second kappa shape index (κ2) is 11.2. The molecule has 0 bridgehead atoms. The van der Waals surface area contributed by atoms with Crippen LogP contribution in [0.3, 0.4) is 0 Å². The van der Waals surface area contributed by atoms with Crippen LogP contribution in [-0.2, 0) is 7.05 Å². The lowest BCUT2D eigenvalue weighted by atomic mass is 9.77. The highest BCUT2D eigenvalue weighted by Gasteiger charge is 2.39. The number of carbonyl (C=O) groups excluding carboxylic acids is 1. The predicted molar refractivity (Wildman–Crippen MR) is 161 cm³/mol. The number of fused-ring (bicyclic) bond motifs is 1. The van der Waals surface area contributed by atoms with Crippen LogP contribution in [0.25, 0.3) is 11.3 Å². The number of anilines is 3. The van der Waals surface area contributed by atoms with Gasteiger partial charge in [0.15, 0.2) is 11.6 Å². The van der Waals surface area contributed by atoms with E-state index in [1.165, 1.54) is 24.4 Å². The topological polar surface area (TPSA) is 128 Å². The minimum absolute atomic E-state index is 0.0210. The van der Waals surface area contributed by atoms with Gasteiger partial charge in [-0.15, -0.1) is 0 Å². The Morgan fingerprint density at radius 3 is 2.60 bits per heavy atom. The Bertz CT molecular complexity index is 2120. The average molecular weight is 629 g/mol. The Morgan fingerprint density at radius 1 is 1.02 bits per heavy atom. The number of nitrogens with zero attached hydrogens (tertiary/aromatic N) is 9. The first-order valence-electron chi connectivity index (χ1n) is 13.8. The van der Waals surface area contributed by atoms with E-state index >= 15 is 4.39 Å². The lowest BCUT2D eigenvalue weighted by Crippen LogP contribution is -2.42. The summed E-state index contributed by atoms with van der Waals surface area (Å²) in [5.41, 5.74) is 0.660. The van der Waals surface area contributed by atoms with Crippen LogP contribution in [0.4, 0.5) is 26.0 Å². The normalized spacial score (nSPS) is 16.0. The van der Waals surface area contributed by atoms with Crippen molar-refractivity contribution < 1.29 is 13.6 Å². The number of halogens is 3. The highest BCUT2D eigenvalue weighted by molar-refractivity contribution is 6.34. The summed E-state index contributed by atoms with van der Waals surface area (Å²) in [6.45, 7) is 0. The van der Waals surface area contributed by atoms with Crippen LogP contribution in [-0.4, -0.2) is 51.1 Å². The summed E-state index contributed by atoms with van der Waals surface area (Å²) in [5, 5.41) is 15.3. The molecule has 0 spiro atoms. The molecule has 1 saturated carbocycles. The average Bonchev–Trinajstić information content (AvgIpc) is 3.66. The number of aromatic nitrogens is 8. The van der Waals surface area contributed by atoms with Gasteiger partial charge in [-0.25, -0.2) is 23.3 Å². The van der Waals surface area contributed by atoms with Crippen molar-refractivity contribution in [3.63, 3.8) is 0 Å². The van der Waals surface area contributed by atoms with E-state index in [0.717, 1.165) is 28.7 Å². The van der Waals surface area contributed by atoms with Crippen molar-refractivity contribution in [2.45, 2.75) is 24.8 Å². The molecule has 5 heterocycles. The third kappa shape index (κ3) is 5.18. The summed E-state index contributed by atoms with van der Waals surface area (Å²) in [5.74, 6) is -1.39. The van der Waals surface area contributed by atoms with Gasteiger partial charge in [0.2, 0.25) is 0 Å². The number of hydrogen-bond acceptors (Lipinski definition) is 8. The Labute approximate surface area is 258 Å². The minimum Gasteiger partial charge on any atom is -0.320 e. The number of benzene rings is 1. The molecule has 15 heteroatoms. The molecule has 0 unspecified atom stereocenters. The number of carbonyl (C=O) groups is 1. The van der Waals surface area contributed by atoms with Crippen molar-refractivity contribution in [2.75, 3.05) is 10.2 Å². The van der Waals surface area contributed by atoms with Gasteiger partial charge in [-0.1, -0.05) is 11.6 Å². The molecule has 45 heavy (non-hydrogen) atoms. The molecule has 0 atom stereocenters. The first-order valence-corrected chi connectivity index (χ1v) is 14.2. The van der Waals surface area contributed by atoms with E-state index in [1.807, 2.05) is 19.3 Å². The van der Waals surface area contributed by atoms with Crippen molar-refractivity contribution in [3.8, 4) is 5.82 Å². The molecule has 0 aliphatic heterocycles. The SMILES string of the molecule is Cn1ccc(C2CC(N(c3cc(Cl)c(NC(=O)c4ccnn(-c5ccc(F)cn5)c4=O)cc3F)c3nccn4nccc34)C2)n1. The number of rotatable bonds is 7. The Hall–Kier alpha value is -5.50. The summed E-state index contributed by atoms with van der Waals surface area (Å²) in [6, 6.07) is 9.75.